The zero-order chi connectivity index (χ0) is 17.9. The lowest BCUT2D eigenvalue weighted by Gasteiger charge is -2.18. The molecule has 0 atom stereocenters. The van der Waals surface area contributed by atoms with E-state index in [0.29, 0.717) is 0 Å². The third kappa shape index (κ3) is 4.62. The molecule has 3 aromatic heterocycles. The predicted octanol–water partition coefficient (Wildman–Crippen LogP) is 3.78. The topological polar surface area (TPSA) is 69.9 Å². The maximum atomic E-state index is 12.0. The Hall–Kier alpha value is -2.76. The van der Waals surface area contributed by atoms with E-state index in [1.807, 2.05) is 51.1 Å². The molecule has 0 saturated heterocycles. The molecule has 3 aromatic rings. The Morgan fingerprint density at radius 2 is 1.92 bits per heavy atom. The fraction of sp³-hybridized carbons (Fsp3) is 0.368. The van der Waals surface area contributed by atoms with Crippen molar-refractivity contribution in [1.29, 1.82) is 0 Å². The summed E-state index contributed by atoms with van der Waals surface area (Å²) in [6, 6.07) is 9.83. The van der Waals surface area contributed by atoms with Crippen LogP contribution in [0.4, 0.5) is 4.79 Å². The second-order valence-corrected chi connectivity index (χ2v) is 6.94. The van der Waals surface area contributed by atoms with Crippen LogP contribution in [0.1, 0.15) is 38.6 Å². The second kappa shape index (κ2) is 7.01. The van der Waals surface area contributed by atoms with Crippen LogP contribution >= 0.6 is 0 Å². The third-order valence-corrected chi connectivity index (χ3v) is 3.61. The summed E-state index contributed by atoms with van der Waals surface area (Å²) in [5.74, 6) is 0. The summed E-state index contributed by atoms with van der Waals surface area (Å²) < 4.78 is 6.55. The van der Waals surface area contributed by atoms with Crippen LogP contribution in [0.25, 0.3) is 11.0 Å². The predicted molar refractivity (Wildman–Crippen MR) is 95.4 cm³/mol. The molecule has 0 aliphatic heterocycles. The molecule has 130 valence electrons. The second-order valence-electron chi connectivity index (χ2n) is 6.94. The molecule has 0 spiro atoms. The first kappa shape index (κ1) is 17.1. The highest BCUT2D eigenvalue weighted by Gasteiger charge is 2.18. The van der Waals surface area contributed by atoms with Gasteiger partial charge in [-0.15, -0.1) is 0 Å². The van der Waals surface area contributed by atoms with Crippen molar-refractivity contribution in [1.82, 2.24) is 19.7 Å². The lowest BCUT2D eigenvalue weighted by Crippen LogP contribution is -2.27. The van der Waals surface area contributed by atoms with Gasteiger partial charge in [0.2, 0.25) is 0 Å². The number of ether oxygens (including phenoxy) is 1. The first-order valence-corrected chi connectivity index (χ1v) is 8.39. The van der Waals surface area contributed by atoms with Crippen molar-refractivity contribution in [2.45, 2.75) is 45.6 Å². The molecule has 25 heavy (non-hydrogen) atoms. The van der Waals surface area contributed by atoms with E-state index in [9.17, 15) is 4.79 Å². The van der Waals surface area contributed by atoms with Crippen LogP contribution in [-0.4, -0.2) is 31.4 Å². The van der Waals surface area contributed by atoms with Crippen molar-refractivity contribution in [2.24, 2.45) is 0 Å². The van der Waals surface area contributed by atoms with Gasteiger partial charge in [-0.2, -0.15) is 9.78 Å². The van der Waals surface area contributed by atoms with Gasteiger partial charge in [-0.1, -0.05) is 0 Å². The zero-order valence-electron chi connectivity index (χ0n) is 14.8. The molecule has 3 heterocycles. The smallest absolute Gasteiger partial charge is 0.435 e. The summed E-state index contributed by atoms with van der Waals surface area (Å²) >= 11 is 0. The monoisotopic (exact) mass is 338 g/mol. The number of hydrogen-bond acceptors (Lipinski definition) is 5. The van der Waals surface area contributed by atoms with Gasteiger partial charge < -0.3 is 4.74 Å². The van der Waals surface area contributed by atoms with E-state index >= 15 is 0 Å². The maximum absolute atomic E-state index is 12.0. The average molecular weight is 338 g/mol. The number of carbonyl (C=O) groups is 1. The number of hydrogen-bond donors (Lipinski definition) is 0. The normalized spacial score (nSPS) is 11.6. The Kier molecular flexibility index (Phi) is 4.79. The Morgan fingerprint density at radius 1 is 1.12 bits per heavy atom. The minimum Gasteiger partial charge on any atom is -0.442 e. The van der Waals surface area contributed by atoms with Crippen molar-refractivity contribution in [3.63, 3.8) is 0 Å². The SMILES string of the molecule is CC(C)(C)OC(=O)n1ccc(CCCc2ccc3cccnc3n2)n1. The summed E-state index contributed by atoms with van der Waals surface area (Å²) in [7, 11) is 0. The zero-order valence-corrected chi connectivity index (χ0v) is 14.8. The van der Waals surface area contributed by atoms with Gasteiger partial charge in [0.25, 0.3) is 0 Å². The van der Waals surface area contributed by atoms with Gasteiger partial charge in [-0.05, 0) is 70.4 Å². The van der Waals surface area contributed by atoms with Crippen molar-refractivity contribution >= 4 is 17.1 Å². The highest BCUT2D eigenvalue weighted by atomic mass is 16.6. The molecular weight excluding hydrogens is 316 g/mol. The largest absolute Gasteiger partial charge is 0.442 e. The first-order chi connectivity index (χ1) is 11.9. The first-order valence-electron chi connectivity index (χ1n) is 8.39. The van der Waals surface area contributed by atoms with Crippen LogP contribution in [0.5, 0.6) is 0 Å². The number of pyridine rings is 2. The average Bonchev–Trinajstić information content (AvgIpc) is 3.02. The lowest BCUT2D eigenvalue weighted by molar-refractivity contribution is 0.0514. The number of nitrogens with zero attached hydrogens (tertiary/aromatic N) is 4. The van der Waals surface area contributed by atoms with Crippen LogP contribution in [0.15, 0.2) is 42.7 Å². The molecule has 0 aliphatic carbocycles. The van der Waals surface area contributed by atoms with E-state index < -0.39 is 11.7 Å². The number of fused-ring (bicyclic) bond motifs is 1. The van der Waals surface area contributed by atoms with Gasteiger partial charge in [0.15, 0.2) is 5.65 Å². The molecule has 0 aromatic carbocycles. The van der Waals surface area contributed by atoms with E-state index in [1.54, 1.807) is 12.4 Å². The van der Waals surface area contributed by atoms with E-state index in [2.05, 4.69) is 15.1 Å². The maximum Gasteiger partial charge on any atom is 0.435 e. The summed E-state index contributed by atoms with van der Waals surface area (Å²) in [5.41, 5.74) is 2.12. The standard InChI is InChI=1S/C19H22N4O2/c1-19(2,3)25-18(24)23-13-11-16(22-23)8-4-7-15-10-9-14-6-5-12-20-17(14)21-15/h5-6,9-13H,4,7-8H2,1-3H3. The van der Waals surface area contributed by atoms with Crippen molar-refractivity contribution < 1.29 is 9.53 Å². The Balaban J connectivity index is 1.56. The molecular formula is C19H22N4O2. The molecule has 0 amide bonds. The van der Waals surface area contributed by atoms with Crippen molar-refractivity contribution in [2.75, 3.05) is 0 Å². The molecule has 3 rings (SSSR count). The molecule has 0 N–H and O–H groups in total. The van der Waals surface area contributed by atoms with E-state index in [4.69, 9.17) is 4.74 Å². The van der Waals surface area contributed by atoms with Crippen LogP contribution in [-0.2, 0) is 17.6 Å². The van der Waals surface area contributed by atoms with Crippen LogP contribution in [0.2, 0.25) is 0 Å². The molecule has 6 heteroatoms. The lowest BCUT2D eigenvalue weighted by atomic mass is 10.1. The number of carbonyl (C=O) groups excluding carboxylic acids is 1. The van der Waals surface area contributed by atoms with Crippen LogP contribution in [0, 0.1) is 0 Å². The van der Waals surface area contributed by atoms with Crippen molar-refractivity contribution in [3.05, 3.63) is 54.1 Å². The van der Waals surface area contributed by atoms with Crippen LogP contribution in [0.3, 0.4) is 0 Å². The summed E-state index contributed by atoms with van der Waals surface area (Å²) in [6.07, 6.45) is 5.45. The fourth-order valence-corrected chi connectivity index (χ4v) is 2.49. The van der Waals surface area contributed by atoms with Gasteiger partial charge in [-0.25, -0.2) is 14.8 Å². The Labute approximate surface area is 146 Å². The fourth-order valence-electron chi connectivity index (χ4n) is 2.49. The van der Waals surface area contributed by atoms with Gasteiger partial charge in [-0.3, -0.25) is 0 Å². The quantitative estimate of drug-likeness (QED) is 0.724. The molecule has 0 fully saturated rings. The van der Waals surface area contributed by atoms with Crippen LogP contribution < -0.4 is 0 Å². The Morgan fingerprint density at radius 3 is 2.72 bits per heavy atom. The molecule has 0 aliphatic rings. The van der Waals surface area contributed by atoms with Gasteiger partial charge >= 0.3 is 6.09 Å². The van der Waals surface area contributed by atoms with Gasteiger partial charge in [0.1, 0.15) is 5.60 Å². The number of aromatic nitrogens is 4. The highest BCUT2D eigenvalue weighted by molar-refractivity contribution is 5.74. The van der Waals surface area contributed by atoms with Gasteiger partial charge in [0.05, 0.1) is 5.69 Å². The van der Waals surface area contributed by atoms with E-state index in [0.717, 1.165) is 41.7 Å². The number of aryl methyl sites for hydroxylation is 2. The summed E-state index contributed by atoms with van der Waals surface area (Å²) in [5, 5.41) is 5.33. The summed E-state index contributed by atoms with van der Waals surface area (Å²) in [4.78, 5) is 20.8. The minimum absolute atomic E-state index is 0.457. The highest BCUT2D eigenvalue weighted by Crippen LogP contribution is 2.12. The third-order valence-electron chi connectivity index (χ3n) is 3.61. The minimum atomic E-state index is -0.529. The molecule has 0 saturated carbocycles. The van der Waals surface area contributed by atoms with E-state index in [-0.39, 0.29) is 0 Å². The molecule has 6 nitrogen and oxygen atoms in total. The van der Waals surface area contributed by atoms with Crippen molar-refractivity contribution in [3.8, 4) is 0 Å². The number of rotatable bonds is 4. The molecule has 0 unspecified atom stereocenters. The molecule has 0 radical (unpaired) electrons. The van der Waals surface area contributed by atoms with E-state index in [1.165, 1.54) is 4.68 Å². The summed E-state index contributed by atoms with van der Waals surface area (Å²) in [6.45, 7) is 5.50. The molecule has 0 bridgehead atoms. The Bertz CT molecular complexity index is 880. The van der Waals surface area contributed by atoms with Gasteiger partial charge in [0, 0.05) is 23.5 Å².